The van der Waals surface area contributed by atoms with Gasteiger partial charge in [0.2, 0.25) is 5.91 Å². The van der Waals surface area contributed by atoms with E-state index in [0.717, 1.165) is 37.1 Å². The molecule has 0 saturated carbocycles. The summed E-state index contributed by atoms with van der Waals surface area (Å²) in [6.45, 7) is 4.21. The van der Waals surface area contributed by atoms with Gasteiger partial charge in [-0.25, -0.2) is 0 Å². The predicted molar refractivity (Wildman–Crippen MR) is 118 cm³/mol. The van der Waals surface area contributed by atoms with Crippen molar-refractivity contribution < 1.29 is 14.3 Å². The van der Waals surface area contributed by atoms with Gasteiger partial charge >= 0.3 is 0 Å². The van der Waals surface area contributed by atoms with Gasteiger partial charge in [-0.05, 0) is 56.1 Å². The van der Waals surface area contributed by atoms with Gasteiger partial charge in [-0.2, -0.15) is 0 Å². The molecule has 2 atom stereocenters. The Morgan fingerprint density at radius 1 is 1.07 bits per heavy atom. The number of benzene rings is 2. The largest absolute Gasteiger partial charge is 0.493 e. The van der Waals surface area contributed by atoms with Gasteiger partial charge in [0, 0.05) is 12.3 Å². The first-order valence-corrected chi connectivity index (χ1v) is 9.81. The number of rotatable bonds is 8. The van der Waals surface area contributed by atoms with Gasteiger partial charge in [-0.3, -0.25) is 9.69 Å². The summed E-state index contributed by atoms with van der Waals surface area (Å²) >= 11 is 0. The minimum absolute atomic E-state index is 0. The van der Waals surface area contributed by atoms with Crippen LogP contribution >= 0.6 is 12.4 Å². The van der Waals surface area contributed by atoms with E-state index >= 15 is 0 Å². The van der Waals surface area contributed by atoms with Gasteiger partial charge < -0.3 is 15.2 Å². The van der Waals surface area contributed by atoms with Crippen molar-refractivity contribution in [3.05, 3.63) is 59.7 Å². The zero-order valence-corrected chi connectivity index (χ0v) is 18.2. The van der Waals surface area contributed by atoms with Crippen molar-refractivity contribution in [1.29, 1.82) is 0 Å². The van der Waals surface area contributed by atoms with Crippen LogP contribution in [0, 0.1) is 0 Å². The zero-order chi connectivity index (χ0) is 20.1. The molecule has 5 nitrogen and oxygen atoms in total. The SMILES string of the molecule is COc1ccc(C(C)(C(CC(N)=O)c2ccccc2)N2CCCC2)cc1OC.Cl. The number of methoxy groups -OCH3 is 2. The molecule has 1 amide bonds. The molecule has 1 saturated heterocycles. The molecule has 1 heterocycles. The van der Waals surface area contributed by atoms with Crippen molar-refractivity contribution in [2.45, 2.75) is 37.6 Å². The first-order chi connectivity index (χ1) is 13.5. The maximum atomic E-state index is 12.1. The summed E-state index contributed by atoms with van der Waals surface area (Å²) in [4.78, 5) is 14.5. The molecule has 1 fully saturated rings. The van der Waals surface area contributed by atoms with E-state index in [-0.39, 0.29) is 30.7 Å². The standard InChI is InChI=1S/C23H30N2O3.ClH/c1-23(25-13-7-8-14-25,18-11-12-20(27-2)21(15-18)28-3)19(16-22(24)26)17-9-5-4-6-10-17;/h4-6,9-12,15,19H,7-8,13-14,16H2,1-3H3,(H2,24,26);1H. The summed E-state index contributed by atoms with van der Waals surface area (Å²) in [5.74, 6) is 1.03. The third-order valence-electron chi connectivity index (χ3n) is 6.02. The second kappa shape index (κ2) is 9.99. The summed E-state index contributed by atoms with van der Waals surface area (Å²) in [6.07, 6.45) is 2.59. The number of hydrogen-bond donors (Lipinski definition) is 1. The number of halogens is 1. The van der Waals surface area contributed by atoms with E-state index in [2.05, 4.69) is 30.0 Å². The predicted octanol–water partition coefficient (Wildman–Crippen LogP) is 4.10. The summed E-state index contributed by atoms with van der Waals surface area (Å²) in [6, 6.07) is 16.3. The highest BCUT2D eigenvalue weighted by Gasteiger charge is 2.44. The van der Waals surface area contributed by atoms with Crippen LogP contribution in [0.3, 0.4) is 0 Å². The molecule has 0 bridgehead atoms. The fourth-order valence-corrected chi connectivity index (χ4v) is 4.46. The summed E-state index contributed by atoms with van der Waals surface area (Å²) in [7, 11) is 3.28. The molecule has 1 aliphatic heterocycles. The van der Waals surface area contributed by atoms with Crippen LogP contribution in [-0.4, -0.2) is 38.1 Å². The van der Waals surface area contributed by atoms with Crippen LogP contribution in [-0.2, 0) is 10.3 Å². The monoisotopic (exact) mass is 418 g/mol. The second-order valence-electron chi connectivity index (χ2n) is 7.55. The highest BCUT2D eigenvalue weighted by molar-refractivity contribution is 5.85. The third kappa shape index (κ3) is 4.68. The Hall–Kier alpha value is -2.24. The van der Waals surface area contributed by atoms with Crippen molar-refractivity contribution in [3.8, 4) is 11.5 Å². The minimum atomic E-state index is -0.396. The quantitative estimate of drug-likeness (QED) is 0.701. The second-order valence-corrected chi connectivity index (χ2v) is 7.55. The van der Waals surface area contributed by atoms with E-state index in [4.69, 9.17) is 15.2 Å². The lowest BCUT2D eigenvalue weighted by molar-refractivity contribution is -0.119. The molecule has 2 aromatic rings. The van der Waals surface area contributed by atoms with Crippen LogP contribution in [0.1, 0.15) is 43.2 Å². The molecule has 2 unspecified atom stereocenters. The Balaban J connectivity index is 0.00000300. The fraction of sp³-hybridized carbons (Fsp3) is 0.435. The van der Waals surface area contributed by atoms with Gasteiger partial charge in [0.15, 0.2) is 11.5 Å². The molecular formula is C23H31ClN2O3. The summed E-state index contributed by atoms with van der Waals surface area (Å²) in [5.41, 5.74) is 7.52. The number of primary amides is 1. The number of ether oxygens (including phenoxy) is 2. The lowest BCUT2D eigenvalue weighted by atomic mass is 9.72. The first kappa shape index (κ1) is 23.0. The number of hydrogen-bond acceptors (Lipinski definition) is 4. The van der Waals surface area contributed by atoms with E-state index in [1.165, 1.54) is 0 Å². The van der Waals surface area contributed by atoms with E-state index in [1.54, 1.807) is 14.2 Å². The van der Waals surface area contributed by atoms with Crippen molar-refractivity contribution in [1.82, 2.24) is 4.90 Å². The topological polar surface area (TPSA) is 64.8 Å². The molecule has 3 rings (SSSR count). The number of nitrogens with two attached hydrogens (primary N) is 1. The average Bonchev–Trinajstić information content (AvgIpc) is 3.27. The molecule has 1 aliphatic rings. The number of amides is 1. The molecule has 29 heavy (non-hydrogen) atoms. The molecule has 2 aromatic carbocycles. The van der Waals surface area contributed by atoms with Crippen molar-refractivity contribution in [2.24, 2.45) is 5.73 Å². The van der Waals surface area contributed by atoms with Gasteiger partial charge in [-0.15, -0.1) is 12.4 Å². The van der Waals surface area contributed by atoms with Crippen LogP contribution < -0.4 is 15.2 Å². The lowest BCUT2D eigenvalue weighted by Gasteiger charge is -2.45. The van der Waals surface area contributed by atoms with Gasteiger partial charge in [0.1, 0.15) is 0 Å². The summed E-state index contributed by atoms with van der Waals surface area (Å²) < 4.78 is 11.0. The van der Waals surface area contributed by atoms with Crippen molar-refractivity contribution in [2.75, 3.05) is 27.3 Å². The average molecular weight is 419 g/mol. The van der Waals surface area contributed by atoms with Crippen molar-refractivity contribution in [3.63, 3.8) is 0 Å². The third-order valence-corrected chi connectivity index (χ3v) is 6.02. The fourth-order valence-electron chi connectivity index (χ4n) is 4.46. The molecule has 0 radical (unpaired) electrons. The van der Waals surface area contributed by atoms with Crippen LogP contribution in [0.15, 0.2) is 48.5 Å². The molecular weight excluding hydrogens is 388 g/mol. The van der Waals surface area contributed by atoms with E-state index in [9.17, 15) is 4.79 Å². The normalized spacial score (nSPS) is 17.1. The maximum absolute atomic E-state index is 12.1. The first-order valence-electron chi connectivity index (χ1n) is 9.81. The molecule has 0 aromatic heterocycles. The van der Waals surface area contributed by atoms with Crippen LogP contribution in [0.5, 0.6) is 11.5 Å². The number of carbonyl (C=O) groups excluding carboxylic acids is 1. The minimum Gasteiger partial charge on any atom is -0.493 e. The summed E-state index contributed by atoms with van der Waals surface area (Å²) in [5, 5.41) is 0. The lowest BCUT2D eigenvalue weighted by Crippen LogP contribution is -2.47. The van der Waals surface area contributed by atoms with E-state index in [1.807, 2.05) is 30.3 Å². The molecule has 6 heteroatoms. The van der Waals surface area contributed by atoms with Crippen LogP contribution in [0.4, 0.5) is 0 Å². The molecule has 2 N–H and O–H groups in total. The molecule has 158 valence electrons. The van der Waals surface area contributed by atoms with Gasteiger partial charge in [-0.1, -0.05) is 36.4 Å². The Morgan fingerprint density at radius 3 is 2.24 bits per heavy atom. The molecule has 0 spiro atoms. The number of carbonyl (C=O) groups is 1. The van der Waals surface area contributed by atoms with Gasteiger partial charge in [0.25, 0.3) is 0 Å². The highest BCUT2D eigenvalue weighted by atomic mass is 35.5. The van der Waals surface area contributed by atoms with Crippen molar-refractivity contribution >= 4 is 18.3 Å². The van der Waals surface area contributed by atoms with Crippen LogP contribution in [0.2, 0.25) is 0 Å². The van der Waals surface area contributed by atoms with E-state index < -0.39 is 5.54 Å². The van der Waals surface area contributed by atoms with Crippen LogP contribution in [0.25, 0.3) is 0 Å². The van der Waals surface area contributed by atoms with E-state index in [0.29, 0.717) is 11.5 Å². The Morgan fingerprint density at radius 2 is 1.69 bits per heavy atom. The zero-order valence-electron chi connectivity index (χ0n) is 17.4. The van der Waals surface area contributed by atoms with Gasteiger partial charge in [0.05, 0.1) is 19.8 Å². The number of nitrogens with zero attached hydrogens (tertiary/aromatic N) is 1. The Kier molecular flexibility index (Phi) is 7.94. The highest BCUT2D eigenvalue weighted by Crippen LogP contribution is 2.47. The molecule has 0 aliphatic carbocycles. The Bertz CT molecular complexity index is 809. The number of likely N-dealkylation sites (tertiary alicyclic amines) is 1. The smallest absolute Gasteiger partial charge is 0.218 e. The Labute approximate surface area is 179 Å². The maximum Gasteiger partial charge on any atom is 0.218 e.